The molecule has 0 saturated heterocycles. The Hall–Kier alpha value is -2.54. The van der Waals surface area contributed by atoms with Gasteiger partial charge in [-0.15, -0.1) is 0 Å². The monoisotopic (exact) mass is 316 g/mol. The number of rotatable bonds is 5. The second-order valence-electron chi connectivity index (χ2n) is 5.25. The number of benzene rings is 1. The number of urea groups is 1. The molecule has 0 unspecified atom stereocenters. The van der Waals surface area contributed by atoms with Gasteiger partial charge in [0.25, 0.3) is 0 Å². The van der Waals surface area contributed by atoms with Crippen molar-refractivity contribution in [2.24, 2.45) is 0 Å². The van der Waals surface area contributed by atoms with Crippen LogP contribution in [0.5, 0.6) is 5.75 Å². The Kier molecular flexibility index (Phi) is 4.77. The van der Waals surface area contributed by atoms with Crippen molar-refractivity contribution in [1.29, 1.82) is 0 Å². The summed E-state index contributed by atoms with van der Waals surface area (Å²) in [5.41, 5.74) is 3.06. The number of nitrogens with one attached hydrogen (secondary N) is 2. The van der Waals surface area contributed by atoms with E-state index in [1.165, 1.54) is 5.69 Å². The highest BCUT2D eigenvalue weighted by atomic mass is 16.5. The lowest BCUT2D eigenvalue weighted by Crippen LogP contribution is -2.32. The third-order valence-corrected chi connectivity index (χ3v) is 3.73. The largest absolute Gasteiger partial charge is 0.497 e. The van der Waals surface area contributed by atoms with Gasteiger partial charge in [-0.1, -0.05) is 0 Å². The molecule has 0 radical (unpaired) electrons. The maximum atomic E-state index is 11.9. The van der Waals surface area contributed by atoms with Crippen LogP contribution < -0.4 is 15.4 Å². The average molecular weight is 316 g/mol. The first-order valence-electron chi connectivity index (χ1n) is 7.56. The first kappa shape index (κ1) is 15.4. The predicted molar refractivity (Wildman–Crippen MR) is 85.6 cm³/mol. The Bertz CT molecular complexity index is 666. The lowest BCUT2D eigenvalue weighted by molar-refractivity contribution is 0.109. The molecule has 0 spiro atoms. The van der Waals surface area contributed by atoms with Crippen molar-refractivity contribution < 1.29 is 14.3 Å². The van der Waals surface area contributed by atoms with Gasteiger partial charge in [0.15, 0.2) is 0 Å². The summed E-state index contributed by atoms with van der Waals surface area (Å²) >= 11 is 0. The number of fused-ring (bicyclic) bond motifs is 1. The van der Waals surface area contributed by atoms with Crippen LogP contribution in [-0.4, -0.2) is 36.1 Å². The summed E-state index contributed by atoms with van der Waals surface area (Å²) in [6.07, 6.45) is 2.71. The quantitative estimate of drug-likeness (QED) is 0.881. The lowest BCUT2D eigenvalue weighted by Gasteiger charge is -2.15. The number of hydrogen-bond acceptors (Lipinski definition) is 4. The molecule has 1 aromatic heterocycles. The van der Waals surface area contributed by atoms with Gasteiger partial charge in [-0.25, -0.2) is 4.79 Å². The summed E-state index contributed by atoms with van der Waals surface area (Å²) in [5.74, 6) is 0.753. The van der Waals surface area contributed by atoms with Crippen molar-refractivity contribution in [3.63, 3.8) is 0 Å². The molecule has 0 atom stereocenters. The summed E-state index contributed by atoms with van der Waals surface area (Å²) in [7, 11) is 1.61. The molecule has 7 nitrogen and oxygen atoms in total. The van der Waals surface area contributed by atoms with Crippen LogP contribution in [0.2, 0.25) is 0 Å². The normalized spacial score (nSPS) is 13.3. The molecule has 23 heavy (non-hydrogen) atoms. The fraction of sp³-hybridized carbons (Fsp3) is 0.375. The summed E-state index contributed by atoms with van der Waals surface area (Å²) in [4.78, 5) is 11.9. The molecule has 1 aromatic carbocycles. The Morgan fingerprint density at radius 2 is 2.22 bits per heavy atom. The first-order valence-corrected chi connectivity index (χ1v) is 7.56. The van der Waals surface area contributed by atoms with Gasteiger partial charge in [-0.3, -0.25) is 4.68 Å². The van der Waals surface area contributed by atoms with Crippen molar-refractivity contribution in [1.82, 2.24) is 15.1 Å². The molecule has 1 aliphatic heterocycles. The summed E-state index contributed by atoms with van der Waals surface area (Å²) in [5, 5.41) is 9.96. The molecule has 3 rings (SSSR count). The molecule has 0 fully saturated rings. The molecular weight excluding hydrogens is 296 g/mol. The highest BCUT2D eigenvalue weighted by Gasteiger charge is 2.15. The highest BCUT2D eigenvalue weighted by molar-refractivity contribution is 5.89. The van der Waals surface area contributed by atoms with Crippen molar-refractivity contribution >= 4 is 11.7 Å². The van der Waals surface area contributed by atoms with E-state index in [9.17, 15) is 4.79 Å². The Labute approximate surface area is 134 Å². The van der Waals surface area contributed by atoms with Gasteiger partial charge in [0, 0.05) is 29.9 Å². The number of ether oxygens (including phenoxy) is 2. The number of aromatic nitrogens is 2. The minimum atomic E-state index is -0.237. The SMILES string of the molecule is COc1ccc(NC(=O)NCCn2ncc3c2CCOC3)cc1. The third-order valence-electron chi connectivity index (χ3n) is 3.73. The van der Waals surface area contributed by atoms with Crippen LogP contribution in [0.25, 0.3) is 0 Å². The molecule has 1 aliphatic rings. The van der Waals surface area contributed by atoms with Gasteiger partial charge in [0.1, 0.15) is 5.75 Å². The maximum absolute atomic E-state index is 11.9. The van der Waals surface area contributed by atoms with Gasteiger partial charge in [0.2, 0.25) is 0 Å². The van der Waals surface area contributed by atoms with Gasteiger partial charge in [0.05, 0.1) is 33.1 Å². The second-order valence-corrected chi connectivity index (χ2v) is 5.25. The number of nitrogens with zero attached hydrogens (tertiary/aromatic N) is 2. The fourth-order valence-corrected chi connectivity index (χ4v) is 2.53. The number of anilines is 1. The van der Waals surface area contributed by atoms with Crippen LogP contribution in [0.15, 0.2) is 30.5 Å². The van der Waals surface area contributed by atoms with Crippen molar-refractivity contribution in [3.05, 3.63) is 41.7 Å². The molecule has 2 aromatic rings. The van der Waals surface area contributed by atoms with Crippen LogP contribution in [0.3, 0.4) is 0 Å². The number of carbonyl (C=O) groups is 1. The molecule has 2 amide bonds. The Balaban J connectivity index is 1.46. The van der Waals surface area contributed by atoms with E-state index in [4.69, 9.17) is 9.47 Å². The van der Waals surface area contributed by atoms with E-state index in [-0.39, 0.29) is 6.03 Å². The minimum absolute atomic E-state index is 0.237. The Morgan fingerprint density at radius 1 is 1.39 bits per heavy atom. The number of hydrogen-bond donors (Lipinski definition) is 2. The van der Waals surface area contributed by atoms with Crippen LogP contribution in [-0.2, 0) is 24.3 Å². The molecule has 0 aliphatic carbocycles. The van der Waals surface area contributed by atoms with Crippen LogP contribution in [0.1, 0.15) is 11.3 Å². The number of amides is 2. The maximum Gasteiger partial charge on any atom is 0.319 e. The van der Waals surface area contributed by atoms with Crippen molar-refractivity contribution in [2.45, 2.75) is 19.6 Å². The van der Waals surface area contributed by atoms with E-state index in [0.29, 0.717) is 19.7 Å². The third kappa shape index (κ3) is 3.81. The van der Waals surface area contributed by atoms with Gasteiger partial charge < -0.3 is 20.1 Å². The van der Waals surface area contributed by atoms with Crippen LogP contribution in [0, 0.1) is 0 Å². The summed E-state index contributed by atoms with van der Waals surface area (Å²) < 4.78 is 12.4. The summed E-state index contributed by atoms with van der Waals surface area (Å²) in [6.45, 7) is 2.51. The van der Waals surface area contributed by atoms with E-state index >= 15 is 0 Å². The average Bonchev–Trinajstić information content (AvgIpc) is 2.99. The zero-order valence-corrected chi connectivity index (χ0v) is 13.0. The van der Waals surface area contributed by atoms with Gasteiger partial charge in [-0.2, -0.15) is 5.10 Å². The second kappa shape index (κ2) is 7.15. The van der Waals surface area contributed by atoms with E-state index in [0.717, 1.165) is 30.0 Å². The minimum Gasteiger partial charge on any atom is -0.497 e. The first-order chi connectivity index (χ1) is 11.3. The molecular formula is C16H20N4O3. The molecule has 2 N–H and O–H groups in total. The van der Waals surface area contributed by atoms with Crippen LogP contribution >= 0.6 is 0 Å². The van der Waals surface area contributed by atoms with Gasteiger partial charge >= 0.3 is 6.03 Å². The molecule has 0 bridgehead atoms. The van der Waals surface area contributed by atoms with Crippen molar-refractivity contribution in [2.75, 3.05) is 25.6 Å². The molecule has 122 valence electrons. The van der Waals surface area contributed by atoms with E-state index in [1.807, 2.05) is 10.9 Å². The van der Waals surface area contributed by atoms with E-state index in [2.05, 4.69) is 15.7 Å². The highest BCUT2D eigenvalue weighted by Crippen LogP contribution is 2.16. The predicted octanol–water partition coefficient (Wildman–Crippen LogP) is 1.79. The standard InChI is InChI=1S/C16H20N4O3/c1-22-14-4-2-13(3-5-14)19-16(21)17-7-8-20-15-6-9-23-11-12(15)10-18-20/h2-5,10H,6-9,11H2,1H3,(H2,17,19,21). The Morgan fingerprint density at radius 3 is 3.00 bits per heavy atom. The van der Waals surface area contributed by atoms with Crippen molar-refractivity contribution in [3.8, 4) is 5.75 Å². The fourth-order valence-electron chi connectivity index (χ4n) is 2.53. The topological polar surface area (TPSA) is 77.4 Å². The lowest BCUT2D eigenvalue weighted by atomic mass is 10.2. The van der Waals surface area contributed by atoms with Gasteiger partial charge in [-0.05, 0) is 24.3 Å². The van der Waals surface area contributed by atoms with E-state index in [1.54, 1.807) is 31.4 Å². The number of carbonyl (C=O) groups excluding carboxylic acids is 1. The molecule has 7 heteroatoms. The van der Waals surface area contributed by atoms with Crippen LogP contribution in [0.4, 0.5) is 10.5 Å². The molecule has 0 saturated carbocycles. The zero-order valence-electron chi connectivity index (χ0n) is 13.0. The number of methoxy groups -OCH3 is 1. The van der Waals surface area contributed by atoms with E-state index < -0.39 is 0 Å². The summed E-state index contributed by atoms with van der Waals surface area (Å²) in [6, 6.07) is 6.95. The smallest absolute Gasteiger partial charge is 0.319 e. The molecule has 2 heterocycles. The zero-order chi connectivity index (χ0) is 16.1.